The molecule has 1 aromatic carbocycles. The number of benzene rings is 1. The molecule has 0 spiro atoms. The molecule has 0 amide bonds. The monoisotopic (exact) mass is 163 g/mol. The van der Waals surface area contributed by atoms with Crippen LogP contribution in [0.15, 0.2) is 24.3 Å². The van der Waals surface area contributed by atoms with Gasteiger partial charge < -0.3 is 10.5 Å². The second-order valence-corrected chi connectivity index (χ2v) is 3.30. The molecule has 0 radical (unpaired) electrons. The van der Waals surface area contributed by atoms with Crippen LogP contribution in [0.1, 0.15) is 12.5 Å². The maximum Gasteiger partial charge on any atom is 0.123 e. The van der Waals surface area contributed by atoms with E-state index in [4.69, 9.17) is 10.5 Å². The molecule has 2 atom stereocenters. The predicted octanol–water partition coefficient (Wildman–Crippen LogP) is 1.34. The maximum atomic E-state index is 5.87. The second kappa shape index (κ2) is 2.79. The first-order valence-electron chi connectivity index (χ1n) is 4.27. The number of fused-ring (bicyclic) bond motifs is 1. The number of nitrogens with two attached hydrogens (primary N) is 1. The number of ether oxygens (including phenoxy) is 1. The van der Waals surface area contributed by atoms with E-state index < -0.39 is 0 Å². The number of para-hydroxylation sites is 1. The zero-order valence-corrected chi connectivity index (χ0v) is 7.16. The Kier molecular flexibility index (Phi) is 1.77. The SMILES string of the molecule is C[C@H]1Oc2ccccc2C[C@@H]1N. The largest absolute Gasteiger partial charge is 0.489 e. The number of rotatable bonds is 0. The van der Waals surface area contributed by atoms with E-state index in [1.165, 1.54) is 5.56 Å². The smallest absolute Gasteiger partial charge is 0.123 e. The van der Waals surface area contributed by atoms with Crippen molar-refractivity contribution in [3.63, 3.8) is 0 Å². The summed E-state index contributed by atoms with van der Waals surface area (Å²) in [5, 5.41) is 0. The topological polar surface area (TPSA) is 35.2 Å². The first kappa shape index (κ1) is 7.62. The summed E-state index contributed by atoms with van der Waals surface area (Å²) in [7, 11) is 0. The van der Waals surface area contributed by atoms with Crippen LogP contribution in [-0.4, -0.2) is 12.1 Å². The average molecular weight is 163 g/mol. The summed E-state index contributed by atoms with van der Waals surface area (Å²) in [6, 6.07) is 8.21. The summed E-state index contributed by atoms with van der Waals surface area (Å²) in [4.78, 5) is 0. The summed E-state index contributed by atoms with van der Waals surface area (Å²) in [5.41, 5.74) is 7.09. The third-order valence-corrected chi connectivity index (χ3v) is 2.34. The molecule has 0 saturated carbocycles. The van der Waals surface area contributed by atoms with Crippen LogP contribution in [0.4, 0.5) is 0 Å². The Labute approximate surface area is 72.3 Å². The molecular formula is C10H13NO. The van der Waals surface area contributed by atoms with Crippen molar-refractivity contribution in [2.45, 2.75) is 25.5 Å². The fourth-order valence-corrected chi connectivity index (χ4v) is 1.50. The van der Waals surface area contributed by atoms with E-state index in [1.54, 1.807) is 0 Å². The van der Waals surface area contributed by atoms with Gasteiger partial charge in [-0.1, -0.05) is 18.2 Å². The van der Waals surface area contributed by atoms with Gasteiger partial charge in [0, 0.05) is 6.04 Å². The standard InChI is InChI=1S/C10H13NO/c1-7-9(11)6-8-4-2-3-5-10(8)12-7/h2-5,7,9H,6,11H2,1H3/t7-,9+/m1/s1. The highest BCUT2D eigenvalue weighted by Crippen LogP contribution is 2.26. The molecule has 2 nitrogen and oxygen atoms in total. The van der Waals surface area contributed by atoms with Gasteiger partial charge in [0.2, 0.25) is 0 Å². The van der Waals surface area contributed by atoms with Crippen molar-refractivity contribution in [3.05, 3.63) is 29.8 Å². The van der Waals surface area contributed by atoms with Gasteiger partial charge in [-0.15, -0.1) is 0 Å². The van der Waals surface area contributed by atoms with Crippen molar-refractivity contribution in [1.29, 1.82) is 0 Å². The van der Waals surface area contributed by atoms with E-state index in [9.17, 15) is 0 Å². The molecule has 0 fully saturated rings. The van der Waals surface area contributed by atoms with E-state index in [1.807, 2.05) is 25.1 Å². The Morgan fingerprint density at radius 3 is 3.00 bits per heavy atom. The molecule has 2 heteroatoms. The Morgan fingerprint density at radius 1 is 1.42 bits per heavy atom. The van der Waals surface area contributed by atoms with Gasteiger partial charge in [-0.3, -0.25) is 0 Å². The second-order valence-electron chi connectivity index (χ2n) is 3.30. The average Bonchev–Trinajstić information content (AvgIpc) is 2.07. The van der Waals surface area contributed by atoms with Crippen molar-refractivity contribution < 1.29 is 4.74 Å². The van der Waals surface area contributed by atoms with Gasteiger partial charge in [-0.25, -0.2) is 0 Å². The summed E-state index contributed by atoms with van der Waals surface area (Å²) in [6.07, 6.45) is 1.07. The van der Waals surface area contributed by atoms with E-state index in [0.29, 0.717) is 0 Å². The van der Waals surface area contributed by atoms with E-state index >= 15 is 0 Å². The minimum atomic E-state index is 0.139. The van der Waals surface area contributed by atoms with Gasteiger partial charge in [0.05, 0.1) is 0 Å². The molecule has 1 aromatic rings. The van der Waals surface area contributed by atoms with Crippen molar-refractivity contribution >= 4 is 0 Å². The summed E-state index contributed by atoms with van der Waals surface area (Å²) in [6.45, 7) is 2.01. The number of hydrogen-bond acceptors (Lipinski definition) is 2. The van der Waals surface area contributed by atoms with Gasteiger partial charge in [-0.05, 0) is 25.0 Å². The van der Waals surface area contributed by atoms with Crippen LogP contribution in [0.5, 0.6) is 5.75 Å². The quantitative estimate of drug-likeness (QED) is 0.626. The van der Waals surface area contributed by atoms with Gasteiger partial charge in [-0.2, -0.15) is 0 Å². The highest BCUT2D eigenvalue weighted by molar-refractivity contribution is 5.36. The molecule has 2 N–H and O–H groups in total. The third kappa shape index (κ3) is 1.18. The lowest BCUT2D eigenvalue weighted by atomic mass is 9.99. The van der Waals surface area contributed by atoms with Crippen molar-refractivity contribution in [1.82, 2.24) is 0 Å². The van der Waals surface area contributed by atoms with Crippen LogP contribution in [-0.2, 0) is 6.42 Å². The van der Waals surface area contributed by atoms with Crippen LogP contribution < -0.4 is 10.5 Å². The molecule has 0 saturated heterocycles. The fourth-order valence-electron chi connectivity index (χ4n) is 1.50. The summed E-state index contributed by atoms with van der Waals surface area (Å²) < 4.78 is 5.62. The summed E-state index contributed by atoms with van der Waals surface area (Å²) in [5.74, 6) is 0.992. The molecule has 0 aliphatic carbocycles. The summed E-state index contributed by atoms with van der Waals surface area (Å²) >= 11 is 0. The zero-order valence-electron chi connectivity index (χ0n) is 7.16. The Hall–Kier alpha value is -1.02. The third-order valence-electron chi connectivity index (χ3n) is 2.34. The molecule has 0 bridgehead atoms. The molecule has 1 heterocycles. The van der Waals surface area contributed by atoms with Gasteiger partial charge >= 0.3 is 0 Å². The van der Waals surface area contributed by atoms with Crippen molar-refractivity contribution in [3.8, 4) is 5.75 Å². The first-order chi connectivity index (χ1) is 5.77. The molecule has 64 valence electrons. The van der Waals surface area contributed by atoms with Crippen LogP contribution in [0.25, 0.3) is 0 Å². The predicted molar refractivity (Wildman–Crippen MR) is 48.2 cm³/mol. The Morgan fingerprint density at radius 2 is 2.17 bits per heavy atom. The molecule has 1 aliphatic heterocycles. The molecule has 0 unspecified atom stereocenters. The van der Waals surface area contributed by atoms with Gasteiger partial charge in [0.25, 0.3) is 0 Å². The molecule has 1 aliphatic rings. The van der Waals surface area contributed by atoms with Crippen molar-refractivity contribution in [2.75, 3.05) is 0 Å². The molecule has 2 rings (SSSR count). The lowest BCUT2D eigenvalue weighted by Gasteiger charge is -2.28. The lowest BCUT2D eigenvalue weighted by molar-refractivity contribution is 0.169. The minimum Gasteiger partial charge on any atom is -0.489 e. The fraction of sp³-hybridized carbons (Fsp3) is 0.400. The highest BCUT2D eigenvalue weighted by atomic mass is 16.5. The van der Waals surface area contributed by atoms with Crippen LogP contribution >= 0.6 is 0 Å². The molecule has 12 heavy (non-hydrogen) atoms. The number of hydrogen-bond donors (Lipinski definition) is 1. The zero-order chi connectivity index (χ0) is 8.55. The van der Waals surface area contributed by atoms with Gasteiger partial charge in [0.1, 0.15) is 11.9 Å². The van der Waals surface area contributed by atoms with E-state index in [-0.39, 0.29) is 12.1 Å². The van der Waals surface area contributed by atoms with E-state index in [2.05, 4.69) is 6.07 Å². The molecule has 0 aromatic heterocycles. The minimum absolute atomic E-state index is 0.139. The van der Waals surface area contributed by atoms with Crippen LogP contribution in [0.3, 0.4) is 0 Å². The lowest BCUT2D eigenvalue weighted by Crippen LogP contribution is -2.41. The van der Waals surface area contributed by atoms with Crippen molar-refractivity contribution in [2.24, 2.45) is 5.73 Å². The van der Waals surface area contributed by atoms with Crippen LogP contribution in [0, 0.1) is 0 Å². The molecular weight excluding hydrogens is 150 g/mol. The van der Waals surface area contributed by atoms with Gasteiger partial charge in [0.15, 0.2) is 0 Å². The normalized spacial score (nSPS) is 27.5. The maximum absolute atomic E-state index is 5.87. The highest BCUT2D eigenvalue weighted by Gasteiger charge is 2.22. The Balaban J connectivity index is 2.34. The van der Waals surface area contributed by atoms with E-state index in [0.717, 1.165) is 12.2 Å². The first-order valence-corrected chi connectivity index (χ1v) is 4.27. The van der Waals surface area contributed by atoms with Crippen LogP contribution in [0.2, 0.25) is 0 Å². The Bertz CT molecular complexity index is 256.